The number of pyridine rings is 2. The summed E-state index contributed by atoms with van der Waals surface area (Å²) in [5.41, 5.74) is 3.65. The van der Waals surface area contributed by atoms with Gasteiger partial charge in [0.1, 0.15) is 0 Å². The van der Waals surface area contributed by atoms with Crippen LogP contribution in [0.1, 0.15) is 0 Å². The Balaban J connectivity index is 1.64. The second-order valence-corrected chi connectivity index (χ2v) is 6.29. The zero-order chi connectivity index (χ0) is 16.5. The second-order valence-electron chi connectivity index (χ2n) is 6.29. The lowest BCUT2D eigenvalue weighted by Gasteiger charge is -2.34. The lowest BCUT2D eigenvalue weighted by molar-refractivity contribution is 0.313. The van der Waals surface area contributed by atoms with E-state index in [1.54, 1.807) is 18.3 Å². The number of aromatic nitrogens is 2. The van der Waals surface area contributed by atoms with Gasteiger partial charge < -0.3 is 14.8 Å². The maximum atomic E-state index is 12.2. The molecule has 4 rings (SSSR count). The first-order valence-electron chi connectivity index (χ1n) is 8.23. The van der Waals surface area contributed by atoms with E-state index < -0.39 is 0 Å². The van der Waals surface area contributed by atoms with Gasteiger partial charge >= 0.3 is 0 Å². The van der Waals surface area contributed by atoms with E-state index in [0.717, 1.165) is 43.0 Å². The molecule has 1 N–H and O–H groups in total. The highest BCUT2D eigenvalue weighted by molar-refractivity contribution is 5.81. The number of benzene rings is 1. The van der Waals surface area contributed by atoms with Crippen molar-refractivity contribution in [2.75, 3.05) is 38.1 Å². The van der Waals surface area contributed by atoms with E-state index in [2.05, 4.69) is 51.1 Å². The van der Waals surface area contributed by atoms with Crippen LogP contribution in [0.15, 0.2) is 53.5 Å². The van der Waals surface area contributed by atoms with E-state index >= 15 is 0 Å². The first-order chi connectivity index (χ1) is 11.7. The van der Waals surface area contributed by atoms with Crippen LogP contribution < -0.4 is 10.5 Å². The predicted octanol–water partition coefficient (Wildman–Crippen LogP) is 2.34. The predicted molar refractivity (Wildman–Crippen MR) is 97.5 cm³/mol. The molecule has 3 aromatic rings. The Labute approximate surface area is 140 Å². The lowest BCUT2D eigenvalue weighted by atomic mass is 10.1. The van der Waals surface area contributed by atoms with Gasteiger partial charge in [0.05, 0.1) is 16.6 Å². The van der Waals surface area contributed by atoms with Gasteiger partial charge in [0.25, 0.3) is 5.56 Å². The third-order valence-corrected chi connectivity index (χ3v) is 4.66. The summed E-state index contributed by atoms with van der Waals surface area (Å²) in [5, 5.41) is 0.621. The van der Waals surface area contributed by atoms with Crippen molar-refractivity contribution in [3.05, 3.63) is 59.0 Å². The molecule has 1 aliphatic rings. The molecule has 5 heteroatoms. The van der Waals surface area contributed by atoms with Crippen LogP contribution in [0.5, 0.6) is 0 Å². The van der Waals surface area contributed by atoms with Crippen LogP contribution in [0.25, 0.3) is 22.2 Å². The normalized spacial score (nSPS) is 15.8. The monoisotopic (exact) mass is 320 g/mol. The van der Waals surface area contributed by atoms with Crippen LogP contribution >= 0.6 is 0 Å². The Bertz CT molecular complexity index is 909. The third kappa shape index (κ3) is 2.78. The molecule has 0 radical (unpaired) electrons. The maximum absolute atomic E-state index is 12.2. The first-order valence-corrected chi connectivity index (χ1v) is 8.23. The zero-order valence-corrected chi connectivity index (χ0v) is 13.7. The average molecular weight is 320 g/mol. The van der Waals surface area contributed by atoms with Gasteiger partial charge in [-0.1, -0.05) is 12.1 Å². The van der Waals surface area contributed by atoms with Crippen LogP contribution in [0.4, 0.5) is 5.69 Å². The van der Waals surface area contributed by atoms with Crippen LogP contribution in [-0.4, -0.2) is 48.1 Å². The number of H-pyrrole nitrogens is 1. The smallest absolute Gasteiger partial charge is 0.257 e. The fraction of sp³-hybridized carbons (Fsp3) is 0.263. The van der Waals surface area contributed by atoms with Crippen molar-refractivity contribution in [3.8, 4) is 11.3 Å². The molecule has 1 fully saturated rings. The summed E-state index contributed by atoms with van der Waals surface area (Å²) < 4.78 is 0. The second kappa shape index (κ2) is 6.09. The number of hydrogen-bond donors (Lipinski definition) is 1. The van der Waals surface area contributed by atoms with Gasteiger partial charge in [0.15, 0.2) is 0 Å². The summed E-state index contributed by atoms with van der Waals surface area (Å²) >= 11 is 0. The summed E-state index contributed by atoms with van der Waals surface area (Å²) in [6.45, 7) is 4.27. The molecular weight excluding hydrogens is 300 g/mol. The van der Waals surface area contributed by atoms with Crippen molar-refractivity contribution < 1.29 is 0 Å². The van der Waals surface area contributed by atoms with E-state index in [1.165, 1.54) is 5.69 Å². The Morgan fingerprint density at radius 3 is 2.54 bits per heavy atom. The minimum Gasteiger partial charge on any atom is -0.369 e. The SMILES string of the molecule is CN1CCN(c2ccc(-c3cc4ncccc4c(=O)[nH]3)cc2)CC1. The Hall–Kier alpha value is -2.66. The van der Waals surface area contributed by atoms with Gasteiger partial charge in [-0.2, -0.15) is 0 Å². The number of fused-ring (bicyclic) bond motifs is 1. The Morgan fingerprint density at radius 1 is 1.04 bits per heavy atom. The maximum Gasteiger partial charge on any atom is 0.257 e. The summed E-state index contributed by atoms with van der Waals surface area (Å²) in [4.78, 5) is 24.2. The number of nitrogens with zero attached hydrogens (tertiary/aromatic N) is 3. The third-order valence-electron chi connectivity index (χ3n) is 4.66. The standard InChI is InChI=1S/C19H20N4O/c1-22-9-11-23(12-10-22)15-6-4-14(5-7-15)17-13-18-16(19(24)21-17)3-2-8-20-18/h2-8,13H,9-12H2,1H3,(H,21,24). The molecule has 5 nitrogen and oxygen atoms in total. The van der Waals surface area contributed by atoms with Crippen molar-refractivity contribution in [1.29, 1.82) is 0 Å². The minimum atomic E-state index is -0.0984. The summed E-state index contributed by atoms with van der Waals surface area (Å²) in [7, 11) is 2.16. The van der Waals surface area contributed by atoms with Crippen LogP contribution in [-0.2, 0) is 0 Å². The number of nitrogens with one attached hydrogen (secondary N) is 1. The Morgan fingerprint density at radius 2 is 1.79 bits per heavy atom. The number of likely N-dealkylation sites (N-methyl/N-ethyl adjacent to an activating group) is 1. The van der Waals surface area contributed by atoms with Crippen molar-refractivity contribution in [2.24, 2.45) is 0 Å². The van der Waals surface area contributed by atoms with Crippen molar-refractivity contribution in [3.63, 3.8) is 0 Å². The van der Waals surface area contributed by atoms with Gasteiger partial charge in [-0.3, -0.25) is 9.78 Å². The van der Waals surface area contributed by atoms with Crippen molar-refractivity contribution in [2.45, 2.75) is 0 Å². The fourth-order valence-electron chi connectivity index (χ4n) is 3.16. The van der Waals surface area contributed by atoms with E-state index in [9.17, 15) is 4.79 Å². The number of piperazine rings is 1. The fourth-order valence-corrected chi connectivity index (χ4v) is 3.16. The van der Waals surface area contributed by atoms with Gasteiger partial charge in [-0.25, -0.2) is 0 Å². The topological polar surface area (TPSA) is 52.2 Å². The van der Waals surface area contributed by atoms with Crippen LogP contribution in [0.2, 0.25) is 0 Å². The van der Waals surface area contributed by atoms with Gasteiger partial charge in [0, 0.05) is 38.1 Å². The van der Waals surface area contributed by atoms with Crippen LogP contribution in [0.3, 0.4) is 0 Å². The molecule has 0 aliphatic carbocycles. The highest BCUT2D eigenvalue weighted by atomic mass is 16.1. The number of aromatic amines is 1. The van der Waals surface area contributed by atoms with Gasteiger partial charge in [-0.15, -0.1) is 0 Å². The molecule has 0 saturated carbocycles. The highest BCUT2D eigenvalue weighted by Crippen LogP contribution is 2.23. The van der Waals surface area contributed by atoms with Gasteiger partial charge in [0.2, 0.25) is 0 Å². The van der Waals surface area contributed by atoms with E-state index in [4.69, 9.17) is 0 Å². The molecule has 0 amide bonds. The molecule has 0 bridgehead atoms. The molecular formula is C19H20N4O. The zero-order valence-electron chi connectivity index (χ0n) is 13.7. The van der Waals surface area contributed by atoms with Gasteiger partial charge in [-0.05, 0) is 42.9 Å². The lowest BCUT2D eigenvalue weighted by Crippen LogP contribution is -2.44. The van der Waals surface area contributed by atoms with Crippen LogP contribution in [0, 0.1) is 0 Å². The molecule has 0 atom stereocenters. The highest BCUT2D eigenvalue weighted by Gasteiger charge is 2.14. The molecule has 24 heavy (non-hydrogen) atoms. The molecule has 1 aromatic carbocycles. The molecule has 1 aliphatic heterocycles. The first kappa shape index (κ1) is 14.9. The molecule has 0 unspecified atom stereocenters. The van der Waals surface area contributed by atoms with E-state index in [0.29, 0.717) is 5.39 Å². The summed E-state index contributed by atoms with van der Waals surface area (Å²) in [6, 6.07) is 13.9. The quantitative estimate of drug-likeness (QED) is 0.787. The molecule has 2 aromatic heterocycles. The van der Waals surface area contributed by atoms with Crippen molar-refractivity contribution in [1.82, 2.24) is 14.9 Å². The molecule has 1 saturated heterocycles. The summed E-state index contributed by atoms with van der Waals surface area (Å²) in [6.07, 6.45) is 1.71. The largest absolute Gasteiger partial charge is 0.369 e. The Kier molecular flexibility index (Phi) is 3.78. The number of anilines is 1. The average Bonchev–Trinajstić information content (AvgIpc) is 2.62. The van der Waals surface area contributed by atoms with Crippen molar-refractivity contribution >= 4 is 16.6 Å². The number of hydrogen-bond acceptors (Lipinski definition) is 4. The molecule has 0 spiro atoms. The van der Waals surface area contributed by atoms with E-state index in [-0.39, 0.29) is 5.56 Å². The number of rotatable bonds is 2. The minimum absolute atomic E-state index is 0.0984. The van der Waals surface area contributed by atoms with E-state index in [1.807, 2.05) is 6.07 Å². The molecule has 3 heterocycles. The molecule has 122 valence electrons. The summed E-state index contributed by atoms with van der Waals surface area (Å²) in [5.74, 6) is 0.